The molecule has 0 unspecified atom stereocenters. The van der Waals surface area contributed by atoms with Crippen molar-refractivity contribution in [2.75, 3.05) is 19.7 Å². The largest absolute Gasteiger partial charge is 0.482 e. The molecule has 2 heterocycles. The Labute approximate surface area is 134 Å². The lowest BCUT2D eigenvalue weighted by molar-refractivity contribution is -0.139. The quantitative estimate of drug-likeness (QED) is 0.842. The number of piperidine rings is 1. The minimum Gasteiger partial charge on any atom is -0.482 e. The second kappa shape index (κ2) is 7.23. The molecule has 23 heavy (non-hydrogen) atoms. The summed E-state index contributed by atoms with van der Waals surface area (Å²) in [5.41, 5.74) is 1.19. The van der Waals surface area contributed by atoms with Crippen LogP contribution < -0.4 is 4.74 Å². The van der Waals surface area contributed by atoms with E-state index in [0.29, 0.717) is 11.7 Å². The van der Waals surface area contributed by atoms with Gasteiger partial charge in [-0.3, -0.25) is 10.00 Å². The maximum absolute atomic E-state index is 10.5. The first-order valence-corrected chi connectivity index (χ1v) is 7.72. The van der Waals surface area contributed by atoms with Crippen LogP contribution in [0, 0.1) is 0 Å². The molecule has 7 heteroatoms. The predicted octanol–water partition coefficient (Wildman–Crippen LogP) is 1.65. The van der Waals surface area contributed by atoms with E-state index in [1.54, 1.807) is 6.33 Å². The monoisotopic (exact) mass is 316 g/mol. The highest BCUT2D eigenvalue weighted by molar-refractivity contribution is 5.68. The van der Waals surface area contributed by atoms with Gasteiger partial charge in [0.15, 0.2) is 6.61 Å². The molecular weight excluding hydrogens is 296 g/mol. The van der Waals surface area contributed by atoms with E-state index in [2.05, 4.69) is 20.1 Å². The Bertz CT molecular complexity index is 627. The highest BCUT2D eigenvalue weighted by Crippen LogP contribution is 2.25. The van der Waals surface area contributed by atoms with Crippen molar-refractivity contribution in [2.45, 2.75) is 25.3 Å². The van der Waals surface area contributed by atoms with Crippen molar-refractivity contribution in [1.29, 1.82) is 0 Å². The van der Waals surface area contributed by atoms with E-state index in [4.69, 9.17) is 9.84 Å². The van der Waals surface area contributed by atoms with E-state index < -0.39 is 5.97 Å². The number of hydrogen-bond acceptors (Lipinski definition) is 5. The van der Waals surface area contributed by atoms with Crippen LogP contribution in [0.25, 0.3) is 0 Å². The van der Waals surface area contributed by atoms with Gasteiger partial charge in [0.2, 0.25) is 0 Å². The van der Waals surface area contributed by atoms with Crippen LogP contribution in [0.5, 0.6) is 5.75 Å². The minimum atomic E-state index is -0.971. The van der Waals surface area contributed by atoms with Crippen LogP contribution in [-0.4, -0.2) is 50.9 Å². The van der Waals surface area contributed by atoms with Gasteiger partial charge in [0.05, 0.1) is 0 Å². The number of H-pyrrole nitrogens is 1. The second-order valence-electron chi connectivity index (χ2n) is 5.77. The summed E-state index contributed by atoms with van der Waals surface area (Å²) in [6.45, 7) is 2.59. The van der Waals surface area contributed by atoms with Gasteiger partial charge in [-0.05, 0) is 37.1 Å². The molecule has 122 valence electrons. The topological polar surface area (TPSA) is 91.3 Å². The molecule has 7 nitrogen and oxygen atoms in total. The molecule has 1 aromatic heterocycles. The molecule has 1 fully saturated rings. The summed E-state index contributed by atoms with van der Waals surface area (Å²) in [4.78, 5) is 17.2. The Morgan fingerprint density at radius 1 is 1.39 bits per heavy atom. The Hall–Kier alpha value is -2.41. The maximum atomic E-state index is 10.5. The summed E-state index contributed by atoms with van der Waals surface area (Å²) in [5.74, 6) is 0.978. The molecule has 2 aromatic rings. The number of likely N-dealkylation sites (tertiary alicyclic amines) is 1. The standard InChI is InChI=1S/C16H20N4O3/c21-15(22)10-23-14-5-3-12(4-6-14)8-20-7-1-2-13(9-20)16-17-11-18-19-16/h3-6,11,13H,1-2,7-10H2,(H,21,22)(H,17,18,19)/t13-/m0/s1. The van der Waals surface area contributed by atoms with E-state index in [9.17, 15) is 4.79 Å². The summed E-state index contributed by atoms with van der Waals surface area (Å²) >= 11 is 0. The number of aliphatic carboxylic acids is 1. The summed E-state index contributed by atoms with van der Waals surface area (Å²) in [6, 6.07) is 7.59. The number of nitrogens with one attached hydrogen (secondary N) is 1. The summed E-state index contributed by atoms with van der Waals surface area (Å²) < 4.78 is 5.15. The molecule has 0 spiro atoms. The van der Waals surface area contributed by atoms with E-state index in [1.165, 1.54) is 5.56 Å². The molecule has 0 amide bonds. The van der Waals surface area contributed by atoms with Crippen molar-refractivity contribution in [3.63, 3.8) is 0 Å². The first kappa shape index (κ1) is 15.5. The van der Waals surface area contributed by atoms with Gasteiger partial charge in [-0.25, -0.2) is 9.78 Å². The first-order chi connectivity index (χ1) is 11.2. The molecule has 1 atom stereocenters. The maximum Gasteiger partial charge on any atom is 0.341 e. The normalized spacial score (nSPS) is 18.7. The number of ether oxygens (including phenoxy) is 1. The minimum absolute atomic E-state index is 0.315. The average Bonchev–Trinajstić information content (AvgIpc) is 3.09. The van der Waals surface area contributed by atoms with Gasteiger partial charge in [0.1, 0.15) is 17.9 Å². The molecule has 0 radical (unpaired) electrons. The number of carboxylic acid groups (broad SMARTS) is 1. The molecule has 1 aliphatic rings. The Kier molecular flexibility index (Phi) is 4.87. The van der Waals surface area contributed by atoms with Gasteiger partial charge >= 0.3 is 5.97 Å². The Morgan fingerprint density at radius 3 is 2.91 bits per heavy atom. The Balaban J connectivity index is 1.55. The zero-order valence-electron chi connectivity index (χ0n) is 12.8. The van der Waals surface area contributed by atoms with E-state index in [-0.39, 0.29) is 6.61 Å². The van der Waals surface area contributed by atoms with E-state index in [0.717, 1.165) is 38.3 Å². The average molecular weight is 316 g/mol. The van der Waals surface area contributed by atoms with Gasteiger partial charge in [-0.1, -0.05) is 12.1 Å². The van der Waals surface area contributed by atoms with E-state index >= 15 is 0 Å². The molecular formula is C16H20N4O3. The first-order valence-electron chi connectivity index (χ1n) is 7.72. The van der Waals surface area contributed by atoms with Crippen molar-refractivity contribution in [3.8, 4) is 5.75 Å². The van der Waals surface area contributed by atoms with Crippen LogP contribution in [-0.2, 0) is 11.3 Å². The fourth-order valence-electron chi connectivity index (χ4n) is 2.93. The number of aromatic nitrogens is 3. The number of carboxylic acids is 1. The SMILES string of the molecule is O=C(O)COc1ccc(CN2CCC[C@H](c3ncn[nH]3)C2)cc1. The molecule has 1 saturated heterocycles. The van der Waals surface area contributed by atoms with Gasteiger partial charge in [-0.2, -0.15) is 5.10 Å². The lowest BCUT2D eigenvalue weighted by Crippen LogP contribution is -2.34. The molecule has 1 aromatic carbocycles. The third-order valence-electron chi connectivity index (χ3n) is 4.02. The van der Waals surface area contributed by atoms with Crippen molar-refractivity contribution in [1.82, 2.24) is 20.1 Å². The van der Waals surface area contributed by atoms with Crippen molar-refractivity contribution in [2.24, 2.45) is 0 Å². The number of rotatable bonds is 6. The predicted molar refractivity (Wildman–Crippen MR) is 83.2 cm³/mol. The third-order valence-corrected chi connectivity index (χ3v) is 4.02. The van der Waals surface area contributed by atoms with Crippen molar-refractivity contribution < 1.29 is 14.6 Å². The fraction of sp³-hybridized carbons (Fsp3) is 0.438. The number of aromatic amines is 1. The van der Waals surface area contributed by atoms with Gasteiger partial charge in [-0.15, -0.1) is 0 Å². The molecule has 0 saturated carbocycles. The van der Waals surface area contributed by atoms with Crippen molar-refractivity contribution in [3.05, 3.63) is 42.0 Å². The number of hydrogen-bond donors (Lipinski definition) is 2. The summed E-state index contributed by atoms with van der Waals surface area (Å²) in [7, 11) is 0. The smallest absolute Gasteiger partial charge is 0.341 e. The molecule has 1 aliphatic heterocycles. The number of nitrogens with zero attached hydrogens (tertiary/aromatic N) is 3. The van der Waals surface area contributed by atoms with Crippen LogP contribution in [0.15, 0.2) is 30.6 Å². The van der Waals surface area contributed by atoms with Crippen LogP contribution in [0.4, 0.5) is 0 Å². The van der Waals surface area contributed by atoms with Gasteiger partial charge < -0.3 is 9.84 Å². The van der Waals surface area contributed by atoms with Crippen molar-refractivity contribution >= 4 is 5.97 Å². The zero-order valence-corrected chi connectivity index (χ0v) is 12.8. The third kappa shape index (κ3) is 4.29. The zero-order chi connectivity index (χ0) is 16.1. The van der Waals surface area contributed by atoms with Crippen LogP contribution >= 0.6 is 0 Å². The van der Waals surface area contributed by atoms with Crippen LogP contribution in [0.2, 0.25) is 0 Å². The molecule has 3 rings (SSSR count). The van der Waals surface area contributed by atoms with Crippen LogP contribution in [0.3, 0.4) is 0 Å². The fourth-order valence-corrected chi connectivity index (χ4v) is 2.93. The number of benzene rings is 1. The second-order valence-corrected chi connectivity index (χ2v) is 5.77. The highest BCUT2D eigenvalue weighted by atomic mass is 16.5. The molecule has 0 bridgehead atoms. The van der Waals surface area contributed by atoms with Crippen LogP contribution in [0.1, 0.15) is 30.1 Å². The summed E-state index contributed by atoms with van der Waals surface area (Å²) in [6.07, 6.45) is 3.84. The Morgan fingerprint density at radius 2 is 2.22 bits per heavy atom. The molecule has 0 aliphatic carbocycles. The number of carbonyl (C=O) groups is 1. The van der Waals surface area contributed by atoms with Gasteiger partial charge in [0.25, 0.3) is 0 Å². The van der Waals surface area contributed by atoms with Gasteiger partial charge in [0, 0.05) is 19.0 Å². The van der Waals surface area contributed by atoms with E-state index in [1.807, 2.05) is 24.3 Å². The summed E-state index contributed by atoms with van der Waals surface area (Å²) in [5, 5.41) is 15.5. The lowest BCUT2D eigenvalue weighted by atomic mass is 9.97. The highest BCUT2D eigenvalue weighted by Gasteiger charge is 2.23. The molecule has 2 N–H and O–H groups in total. The lowest BCUT2D eigenvalue weighted by Gasteiger charge is -2.31.